The largest absolute Gasteiger partial charge is 0.476 e. The zero-order chi connectivity index (χ0) is 17.6. The first-order chi connectivity index (χ1) is 12.1. The number of benzene rings is 2. The van der Waals surface area contributed by atoms with E-state index >= 15 is 0 Å². The van der Waals surface area contributed by atoms with Gasteiger partial charge in [-0.25, -0.2) is 0 Å². The van der Waals surface area contributed by atoms with Crippen molar-refractivity contribution in [1.29, 1.82) is 0 Å². The van der Waals surface area contributed by atoms with Crippen LogP contribution in [0.5, 0.6) is 5.75 Å². The van der Waals surface area contributed by atoms with Gasteiger partial charge in [-0.15, -0.1) is 0 Å². The van der Waals surface area contributed by atoms with Gasteiger partial charge in [0.25, 0.3) is 5.91 Å². The monoisotopic (exact) mass is 402 g/mol. The quantitative estimate of drug-likeness (QED) is 0.807. The molecule has 1 saturated heterocycles. The van der Waals surface area contributed by atoms with Crippen LogP contribution in [0.3, 0.4) is 0 Å². The molecule has 0 bridgehead atoms. The van der Waals surface area contributed by atoms with Gasteiger partial charge in [0.2, 0.25) is 12.0 Å². The summed E-state index contributed by atoms with van der Waals surface area (Å²) >= 11 is 3.38. The molecule has 1 aliphatic rings. The zero-order valence-corrected chi connectivity index (χ0v) is 15.2. The summed E-state index contributed by atoms with van der Waals surface area (Å²) in [7, 11) is 0. The summed E-state index contributed by atoms with van der Waals surface area (Å²) in [4.78, 5) is 24.7. The van der Waals surface area contributed by atoms with Gasteiger partial charge < -0.3 is 15.4 Å². The summed E-state index contributed by atoms with van der Waals surface area (Å²) in [5, 5.41) is 5.59. The van der Waals surface area contributed by atoms with Gasteiger partial charge in [0.1, 0.15) is 11.8 Å². The van der Waals surface area contributed by atoms with E-state index in [2.05, 4.69) is 26.6 Å². The molecule has 5 nitrogen and oxygen atoms in total. The van der Waals surface area contributed by atoms with E-state index in [1.54, 1.807) is 12.1 Å². The third-order valence-electron chi connectivity index (χ3n) is 4.01. The van der Waals surface area contributed by atoms with Crippen molar-refractivity contribution in [3.05, 3.63) is 64.6 Å². The molecule has 0 aliphatic carbocycles. The lowest BCUT2D eigenvalue weighted by Gasteiger charge is -2.26. The van der Waals surface area contributed by atoms with E-state index in [0.717, 1.165) is 16.5 Å². The molecule has 1 aliphatic heterocycles. The van der Waals surface area contributed by atoms with Gasteiger partial charge in [0.05, 0.1) is 0 Å². The van der Waals surface area contributed by atoms with E-state index in [-0.39, 0.29) is 11.8 Å². The second-order valence-corrected chi connectivity index (χ2v) is 6.77. The molecule has 1 fully saturated rings. The lowest BCUT2D eigenvalue weighted by Crippen LogP contribution is -2.51. The molecule has 2 N–H and O–H groups in total. The highest BCUT2D eigenvalue weighted by molar-refractivity contribution is 9.10. The highest BCUT2D eigenvalue weighted by Crippen LogP contribution is 2.24. The predicted octanol–water partition coefficient (Wildman–Crippen LogP) is 2.96. The van der Waals surface area contributed by atoms with Gasteiger partial charge in [0.15, 0.2) is 0 Å². The Morgan fingerprint density at radius 1 is 1.16 bits per heavy atom. The number of amides is 2. The van der Waals surface area contributed by atoms with Gasteiger partial charge in [-0.2, -0.15) is 0 Å². The minimum Gasteiger partial charge on any atom is -0.476 e. The molecule has 0 spiro atoms. The van der Waals surface area contributed by atoms with Gasteiger partial charge in [-0.1, -0.05) is 46.3 Å². The van der Waals surface area contributed by atoms with Crippen LogP contribution in [0.2, 0.25) is 0 Å². The van der Waals surface area contributed by atoms with E-state index < -0.39 is 12.1 Å². The SMILES string of the molecule is O=C1NCCC[C@@H]1NC(=O)[C@H](Oc1ccc(Br)cc1)c1ccccc1. The molecule has 0 radical (unpaired) electrons. The molecule has 0 aromatic heterocycles. The van der Waals surface area contributed by atoms with E-state index in [1.165, 1.54) is 0 Å². The molecule has 1 heterocycles. The summed E-state index contributed by atoms with van der Waals surface area (Å²) in [6, 6.07) is 16.0. The first-order valence-corrected chi connectivity index (χ1v) is 8.98. The molecule has 0 saturated carbocycles. The van der Waals surface area contributed by atoms with E-state index in [0.29, 0.717) is 18.7 Å². The molecular weight excluding hydrogens is 384 g/mol. The minimum absolute atomic E-state index is 0.143. The standard InChI is InChI=1S/C19H19BrN2O3/c20-14-8-10-15(11-9-14)25-17(13-5-2-1-3-6-13)19(24)22-16-7-4-12-21-18(16)23/h1-3,5-6,8-11,16-17H,4,7,12H2,(H,21,23)(H,22,24)/t16-,17+/m0/s1. The van der Waals surface area contributed by atoms with Gasteiger partial charge in [0, 0.05) is 16.6 Å². The molecule has 2 amide bonds. The number of carbonyl (C=O) groups is 2. The summed E-state index contributed by atoms with van der Waals surface area (Å²) in [6.45, 7) is 0.655. The highest BCUT2D eigenvalue weighted by atomic mass is 79.9. The number of ether oxygens (including phenoxy) is 1. The molecule has 130 valence electrons. The average Bonchev–Trinajstić information content (AvgIpc) is 2.64. The van der Waals surface area contributed by atoms with Crippen molar-refractivity contribution in [2.75, 3.05) is 6.54 Å². The van der Waals surface area contributed by atoms with Crippen molar-refractivity contribution in [3.63, 3.8) is 0 Å². The lowest BCUT2D eigenvalue weighted by molar-refractivity contribution is -0.134. The van der Waals surface area contributed by atoms with Crippen LogP contribution in [0, 0.1) is 0 Å². The zero-order valence-electron chi connectivity index (χ0n) is 13.6. The van der Waals surface area contributed by atoms with E-state index in [1.807, 2.05) is 42.5 Å². The summed E-state index contributed by atoms with van der Waals surface area (Å²) in [5.74, 6) is 0.117. The summed E-state index contributed by atoms with van der Waals surface area (Å²) in [5.41, 5.74) is 0.735. The lowest BCUT2D eigenvalue weighted by atomic mass is 10.0. The fourth-order valence-electron chi connectivity index (χ4n) is 2.71. The van der Waals surface area contributed by atoms with Crippen molar-refractivity contribution < 1.29 is 14.3 Å². The number of nitrogens with one attached hydrogen (secondary N) is 2. The normalized spacial score (nSPS) is 18.1. The maximum Gasteiger partial charge on any atom is 0.266 e. The van der Waals surface area contributed by atoms with Crippen molar-refractivity contribution in [2.24, 2.45) is 0 Å². The second-order valence-electron chi connectivity index (χ2n) is 5.86. The van der Waals surface area contributed by atoms with Crippen molar-refractivity contribution in [3.8, 4) is 5.75 Å². The van der Waals surface area contributed by atoms with Crippen molar-refractivity contribution in [2.45, 2.75) is 25.0 Å². The Morgan fingerprint density at radius 2 is 1.88 bits per heavy atom. The van der Waals surface area contributed by atoms with Gasteiger partial charge in [-0.3, -0.25) is 9.59 Å². The fourth-order valence-corrected chi connectivity index (χ4v) is 2.97. The minimum atomic E-state index is -0.822. The molecule has 25 heavy (non-hydrogen) atoms. The van der Waals surface area contributed by atoms with Gasteiger partial charge >= 0.3 is 0 Å². The Bertz CT molecular complexity index is 734. The van der Waals surface area contributed by atoms with Crippen LogP contribution in [0.25, 0.3) is 0 Å². The first kappa shape index (κ1) is 17.5. The Balaban J connectivity index is 1.79. The number of carbonyl (C=O) groups excluding carboxylic acids is 2. The van der Waals surface area contributed by atoms with E-state index in [9.17, 15) is 9.59 Å². The molecule has 3 rings (SSSR count). The van der Waals surface area contributed by atoms with Crippen LogP contribution in [0.1, 0.15) is 24.5 Å². The maximum atomic E-state index is 12.8. The average molecular weight is 403 g/mol. The number of piperidine rings is 1. The van der Waals surface area contributed by atoms with Crippen molar-refractivity contribution in [1.82, 2.24) is 10.6 Å². The predicted molar refractivity (Wildman–Crippen MR) is 98.1 cm³/mol. The molecule has 0 unspecified atom stereocenters. The highest BCUT2D eigenvalue weighted by Gasteiger charge is 2.29. The summed E-state index contributed by atoms with van der Waals surface area (Å²) in [6.07, 6.45) is 0.662. The van der Waals surface area contributed by atoms with Crippen LogP contribution < -0.4 is 15.4 Å². The van der Waals surface area contributed by atoms with E-state index in [4.69, 9.17) is 4.74 Å². The molecule has 2 aromatic carbocycles. The van der Waals surface area contributed by atoms with Crippen LogP contribution in [0.4, 0.5) is 0 Å². The Labute approximate surface area is 154 Å². The number of rotatable bonds is 5. The van der Waals surface area contributed by atoms with Crippen LogP contribution in [-0.4, -0.2) is 24.4 Å². The van der Waals surface area contributed by atoms with Crippen LogP contribution >= 0.6 is 15.9 Å². The Morgan fingerprint density at radius 3 is 2.56 bits per heavy atom. The fraction of sp³-hybridized carbons (Fsp3) is 0.263. The third kappa shape index (κ3) is 4.60. The smallest absolute Gasteiger partial charge is 0.266 e. The Kier molecular flexibility index (Phi) is 5.71. The molecule has 2 atom stereocenters. The second kappa shape index (κ2) is 8.16. The number of hydrogen-bond donors (Lipinski definition) is 2. The maximum absolute atomic E-state index is 12.8. The molecule has 2 aromatic rings. The molecule has 6 heteroatoms. The van der Waals surface area contributed by atoms with Gasteiger partial charge in [-0.05, 0) is 37.1 Å². The number of halogens is 1. The number of hydrogen-bond acceptors (Lipinski definition) is 3. The van der Waals surface area contributed by atoms with Crippen LogP contribution in [0.15, 0.2) is 59.1 Å². The first-order valence-electron chi connectivity index (χ1n) is 8.19. The Hall–Kier alpha value is -2.34. The molecular formula is C19H19BrN2O3. The topological polar surface area (TPSA) is 67.4 Å². The van der Waals surface area contributed by atoms with Crippen LogP contribution in [-0.2, 0) is 9.59 Å². The third-order valence-corrected chi connectivity index (χ3v) is 4.54. The summed E-state index contributed by atoms with van der Waals surface area (Å²) < 4.78 is 6.86. The van der Waals surface area contributed by atoms with Crippen molar-refractivity contribution >= 4 is 27.7 Å².